The monoisotopic (exact) mass is 480 g/mol. The van der Waals surface area contributed by atoms with E-state index in [9.17, 15) is 13.2 Å². The smallest absolute Gasteiger partial charge is 0.410 e. The van der Waals surface area contributed by atoms with E-state index < -0.39 is 28.2 Å². The van der Waals surface area contributed by atoms with Crippen molar-refractivity contribution >= 4 is 21.9 Å². The lowest BCUT2D eigenvalue weighted by atomic mass is 9.85. The SMILES string of the molecule is C[C@@H]1C[C@H](NS(C)(=O)=O)C2COC3CCC(CC3)c3cccc(n3)N(C)CCCOC(=O)N21. The second-order valence-corrected chi connectivity index (χ2v) is 11.5. The van der Waals surface area contributed by atoms with Crippen molar-refractivity contribution in [3.05, 3.63) is 23.9 Å². The zero-order valence-electron chi connectivity index (χ0n) is 19.8. The van der Waals surface area contributed by atoms with Crippen LogP contribution in [0.4, 0.5) is 10.6 Å². The Bertz CT molecular complexity index is 935. The molecule has 9 nitrogen and oxygen atoms in total. The van der Waals surface area contributed by atoms with E-state index in [2.05, 4.69) is 21.8 Å². The highest BCUT2D eigenvalue weighted by Gasteiger charge is 2.44. The highest BCUT2D eigenvalue weighted by Crippen LogP contribution is 2.35. The van der Waals surface area contributed by atoms with Gasteiger partial charge in [-0.1, -0.05) is 6.07 Å². The maximum Gasteiger partial charge on any atom is 0.410 e. The van der Waals surface area contributed by atoms with Gasteiger partial charge in [0.25, 0.3) is 0 Å². The molecule has 2 fully saturated rings. The first-order valence-electron chi connectivity index (χ1n) is 11.9. The van der Waals surface area contributed by atoms with Crippen molar-refractivity contribution in [2.24, 2.45) is 0 Å². The molecule has 4 bridgehead atoms. The average Bonchev–Trinajstić information content (AvgIpc) is 3.07. The Kier molecular flexibility index (Phi) is 7.45. The minimum atomic E-state index is -3.41. The van der Waals surface area contributed by atoms with Crippen LogP contribution in [0.25, 0.3) is 0 Å². The number of amides is 1. The zero-order chi connectivity index (χ0) is 23.6. The van der Waals surface area contributed by atoms with E-state index in [4.69, 9.17) is 14.5 Å². The lowest BCUT2D eigenvalue weighted by Gasteiger charge is -2.33. The zero-order valence-corrected chi connectivity index (χ0v) is 20.6. The maximum atomic E-state index is 13.0. The van der Waals surface area contributed by atoms with E-state index >= 15 is 0 Å². The van der Waals surface area contributed by atoms with Gasteiger partial charge in [-0.25, -0.2) is 22.9 Å². The van der Waals surface area contributed by atoms with Gasteiger partial charge in [0.15, 0.2) is 0 Å². The van der Waals surface area contributed by atoms with Crippen LogP contribution >= 0.6 is 0 Å². The number of hydrogen-bond donors (Lipinski definition) is 1. The van der Waals surface area contributed by atoms with E-state index in [-0.39, 0.29) is 18.8 Å². The molecule has 1 aliphatic carbocycles. The summed E-state index contributed by atoms with van der Waals surface area (Å²) in [4.78, 5) is 21.7. The van der Waals surface area contributed by atoms with Crippen LogP contribution in [0.1, 0.15) is 57.1 Å². The molecule has 5 rings (SSSR count). The van der Waals surface area contributed by atoms with E-state index in [1.54, 1.807) is 4.90 Å². The topological polar surface area (TPSA) is 101 Å². The van der Waals surface area contributed by atoms with Crippen molar-refractivity contribution < 1.29 is 22.7 Å². The standard InChI is InChI=1S/C23H36N4O5S/c1-16-14-20(25-33(3,29)30)21-15-32-18-10-8-17(9-11-18)19-6-4-7-22(24-19)26(2)12-5-13-31-23(28)27(16)21/h4,6-7,16-18,20-21,25H,5,8-15H2,1-3H3/t16-,17?,18?,20+,21?/m1/s1. The Morgan fingerprint density at radius 3 is 2.67 bits per heavy atom. The number of anilines is 1. The molecule has 0 aromatic carbocycles. The van der Waals surface area contributed by atoms with Crippen molar-refractivity contribution in [1.29, 1.82) is 0 Å². The predicted octanol–water partition coefficient (Wildman–Crippen LogP) is 2.48. The van der Waals surface area contributed by atoms with Gasteiger partial charge in [0, 0.05) is 37.3 Å². The molecule has 1 saturated heterocycles. The molecule has 3 atom stereocenters. The molecule has 0 spiro atoms. The summed E-state index contributed by atoms with van der Waals surface area (Å²) in [6, 6.07) is 5.27. The quantitative estimate of drug-likeness (QED) is 0.694. The summed E-state index contributed by atoms with van der Waals surface area (Å²) < 4.78 is 38.5. The number of aromatic nitrogens is 1. The molecule has 1 unspecified atom stereocenters. The number of pyridine rings is 1. The maximum absolute atomic E-state index is 13.0. The molecular weight excluding hydrogens is 444 g/mol. The highest BCUT2D eigenvalue weighted by atomic mass is 32.2. The fraction of sp³-hybridized carbons (Fsp3) is 0.739. The first kappa shape index (κ1) is 24.2. The number of nitrogens with zero attached hydrogens (tertiary/aromatic N) is 3. The number of fused-ring (bicyclic) bond motifs is 8. The summed E-state index contributed by atoms with van der Waals surface area (Å²) in [5, 5.41) is 0. The summed E-state index contributed by atoms with van der Waals surface area (Å²) in [6.07, 6.45) is 5.89. The van der Waals surface area contributed by atoms with Crippen LogP contribution in [0.15, 0.2) is 18.2 Å². The molecule has 1 saturated carbocycles. The van der Waals surface area contributed by atoms with Crippen LogP contribution in [-0.2, 0) is 19.5 Å². The average molecular weight is 481 g/mol. The molecule has 4 aliphatic rings. The Balaban J connectivity index is 1.54. The fourth-order valence-corrected chi connectivity index (χ4v) is 6.17. The van der Waals surface area contributed by atoms with Crippen molar-refractivity contribution in [2.45, 2.75) is 75.6 Å². The van der Waals surface area contributed by atoms with Gasteiger partial charge in [0.05, 0.1) is 31.6 Å². The Morgan fingerprint density at radius 2 is 1.94 bits per heavy atom. The van der Waals surface area contributed by atoms with Crippen molar-refractivity contribution in [3.63, 3.8) is 0 Å². The summed E-state index contributed by atoms with van der Waals surface area (Å²) in [7, 11) is -1.41. The third kappa shape index (κ3) is 5.96. The van der Waals surface area contributed by atoms with Crippen molar-refractivity contribution in [1.82, 2.24) is 14.6 Å². The Hall–Kier alpha value is -1.91. The van der Waals surface area contributed by atoms with E-state index in [0.717, 1.165) is 50.0 Å². The van der Waals surface area contributed by atoms with E-state index in [1.165, 1.54) is 0 Å². The largest absolute Gasteiger partial charge is 0.449 e. The van der Waals surface area contributed by atoms with Gasteiger partial charge >= 0.3 is 6.09 Å². The van der Waals surface area contributed by atoms with Crippen LogP contribution in [0.2, 0.25) is 0 Å². The van der Waals surface area contributed by atoms with Gasteiger partial charge in [-0.3, -0.25) is 4.90 Å². The van der Waals surface area contributed by atoms with Gasteiger partial charge in [-0.05, 0) is 57.6 Å². The first-order chi connectivity index (χ1) is 15.7. The summed E-state index contributed by atoms with van der Waals surface area (Å²) in [5.74, 6) is 1.35. The number of nitrogens with one attached hydrogen (secondary N) is 1. The Labute approximate surface area is 196 Å². The molecule has 4 heterocycles. The first-order valence-corrected chi connectivity index (χ1v) is 13.8. The minimum Gasteiger partial charge on any atom is -0.449 e. The van der Waals surface area contributed by atoms with E-state index in [0.29, 0.717) is 25.4 Å². The van der Waals surface area contributed by atoms with Crippen LogP contribution in [0, 0.1) is 0 Å². The third-order valence-electron chi connectivity index (χ3n) is 7.07. The van der Waals surface area contributed by atoms with Gasteiger partial charge in [-0.15, -0.1) is 0 Å². The van der Waals surface area contributed by atoms with Crippen LogP contribution in [0.3, 0.4) is 0 Å². The molecule has 0 radical (unpaired) electrons. The lowest BCUT2D eigenvalue weighted by Crippen LogP contribution is -2.50. The number of carbonyl (C=O) groups excluding carboxylic acids is 1. The lowest BCUT2D eigenvalue weighted by molar-refractivity contribution is -0.0105. The molecular formula is C23H36N4O5S. The fourth-order valence-electron chi connectivity index (χ4n) is 5.36. The van der Waals surface area contributed by atoms with Crippen LogP contribution in [-0.4, -0.2) is 81.7 Å². The molecule has 3 aliphatic heterocycles. The predicted molar refractivity (Wildman–Crippen MR) is 126 cm³/mol. The number of carbonyl (C=O) groups is 1. The van der Waals surface area contributed by atoms with Crippen molar-refractivity contribution in [3.8, 4) is 0 Å². The van der Waals surface area contributed by atoms with E-state index in [1.807, 2.05) is 20.0 Å². The third-order valence-corrected chi connectivity index (χ3v) is 7.80. The second kappa shape index (κ2) is 10.1. The van der Waals surface area contributed by atoms with Crippen LogP contribution < -0.4 is 9.62 Å². The molecule has 184 valence electrons. The number of rotatable bonds is 2. The van der Waals surface area contributed by atoms with Crippen LogP contribution in [0.5, 0.6) is 0 Å². The number of sulfonamides is 1. The molecule has 1 N–H and O–H groups in total. The number of hydrogen-bond acceptors (Lipinski definition) is 7. The minimum absolute atomic E-state index is 0.0930. The van der Waals surface area contributed by atoms with Gasteiger partial charge in [0.2, 0.25) is 10.0 Å². The summed E-state index contributed by atoms with van der Waals surface area (Å²) in [5.41, 5.74) is 1.13. The normalized spacial score (nSPS) is 31.7. The summed E-state index contributed by atoms with van der Waals surface area (Å²) >= 11 is 0. The van der Waals surface area contributed by atoms with Gasteiger partial charge in [0.1, 0.15) is 5.82 Å². The highest BCUT2D eigenvalue weighted by molar-refractivity contribution is 7.88. The number of ether oxygens (including phenoxy) is 2. The van der Waals surface area contributed by atoms with Gasteiger partial charge in [-0.2, -0.15) is 0 Å². The van der Waals surface area contributed by atoms with Crippen molar-refractivity contribution in [2.75, 3.05) is 38.0 Å². The Morgan fingerprint density at radius 1 is 1.18 bits per heavy atom. The molecule has 1 aromatic heterocycles. The molecule has 33 heavy (non-hydrogen) atoms. The molecule has 1 amide bonds. The van der Waals surface area contributed by atoms with Gasteiger partial charge < -0.3 is 14.4 Å². The second-order valence-electron chi connectivity index (χ2n) is 9.67. The molecule has 10 heteroatoms. The summed E-state index contributed by atoms with van der Waals surface area (Å²) in [6.45, 7) is 3.22. The molecule has 1 aromatic rings.